The molecule has 1 saturated heterocycles. The molecule has 0 radical (unpaired) electrons. The molecule has 6 heteroatoms. The number of hydrogen-bond donors (Lipinski definition) is 1. The molecule has 2 atom stereocenters. The van der Waals surface area contributed by atoms with Gasteiger partial charge in [-0.3, -0.25) is 4.90 Å². The second-order valence-corrected chi connectivity index (χ2v) is 5.84. The van der Waals surface area contributed by atoms with Gasteiger partial charge < -0.3 is 10.5 Å². The SMILES string of the molecule is CCN(CC1CCCO1)C(C)(CN)CCCC(F)(F)F. The first kappa shape index (κ1) is 17.7. The van der Waals surface area contributed by atoms with Crippen LogP contribution in [-0.4, -0.2) is 49.0 Å². The summed E-state index contributed by atoms with van der Waals surface area (Å²) in [7, 11) is 0. The highest BCUT2D eigenvalue weighted by molar-refractivity contribution is 4.89. The number of alkyl halides is 3. The molecule has 2 unspecified atom stereocenters. The molecule has 0 aliphatic carbocycles. The molecule has 1 fully saturated rings. The minimum atomic E-state index is -4.08. The van der Waals surface area contributed by atoms with Crippen LogP contribution in [0.1, 0.15) is 46.0 Å². The van der Waals surface area contributed by atoms with Gasteiger partial charge in [-0.1, -0.05) is 6.92 Å². The Kier molecular flexibility index (Phi) is 6.75. The summed E-state index contributed by atoms with van der Waals surface area (Å²) in [5, 5.41) is 0. The highest BCUT2D eigenvalue weighted by Gasteiger charge is 2.34. The Balaban J connectivity index is 2.53. The van der Waals surface area contributed by atoms with Crippen LogP contribution in [0, 0.1) is 0 Å². The van der Waals surface area contributed by atoms with Crippen molar-refractivity contribution in [3.8, 4) is 0 Å². The van der Waals surface area contributed by atoms with Crippen molar-refractivity contribution in [2.45, 2.75) is 63.8 Å². The van der Waals surface area contributed by atoms with E-state index in [1.165, 1.54) is 0 Å². The summed E-state index contributed by atoms with van der Waals surface area (Å²) in [6.07, 6.45) is -1.94. The second kappa shape index (κ2) is 7.61. The minimum Gasteiger partial charge on any atom is -0.377 e. The quantitative estimate of drug-likeness (QED) is 0.748. The van der Waals surface area contributed by atoms with E-state index in [-0.39, 0.29) is 18.1 Å². The zero-order valence-corrected chi connectivity index (χ0v) is 12.5. The Morgan fingerprint density at radius 2 is 2.00 bits per heavy atom. The molecule has 1 aliphatic rings. The molecule has 2 N–H and O–H groups in total. The third-order valence-corrected chi connectivity index (χ3v) is 4.21. The molecule has 1 aliphatic heterocycles. The van der Waals surface area contributed by atoms with Gasteiger partial charge in [-0.2, -0.15) is 13.2 Å². The van der Waals surface area contributed by atoms with Crippen molar-refractivity contribution in [1.82, 2.24) is 4.90 Å². The predicted octanol–water partition coefficient (Wildman–Crippen LogP) is 2.94. The van der Waals surface area contributed by atoms with Crippen molar-refractivity contribution >= 4 is 0 Å². The van der Waals surface area contributed by atoms with Gasteiger partial charge in [-0.05, 0) is 39.2 Å². The first-order valence-corrected chi connectivity index (χ1v) is 7.44. The summed E-state index contributed by atoms with van der Waals surface area (Å²) in [6, 6.07) is 0. The zero-order chi connectivity index (χ0) is 15.2. The van der Waals surface area contributed by atoms with Crippen molar-refractivity contribution in [1.29, 1.82) is 0 Å². The van der Waals surface area contributed by atoms with Crippen LogP contribution in [0.25, 0.3) is 0 Å². The maximum atomic E-state index is 12.3. The minimum absolute atomic E-state index is 0.124. The third-order valence-electron chi connectivity index (χ3n) is 4.21. The van der Waals surface area contributed by atoms with Crippen LogP contribution in [0.2, 0.25) is 0 Å². The van der Waals surface area contributed by atoms with E-state index >= 15 is 0 Å². The average Bonchev–Trinajstić information content (AvgIpc) is 2.87. The fraction of sp³-hybridized carbons (Fsp3) is 1.00. The molecule has 20 heavy (non-hydrogen) atoms. The lowest BCUT2D eigenvalue weighted by Crippen LogP contribution is -2.53. The van der Waals surface area contributed by atoms with Gasteiger partial charge in [0.05, 0.1) is 6.10 Å². The topological polar surface area (TPSA) is 38.5 Å². The standard InChI is InChI=1S/C14H27F3N2O/c1-3-19(10-12-6-4-9-20-12)13(2,11-18)7-5-8-14(15,16)17/h12H,3-11,18H2,1-2H3. The molecule has 0 bridgehead atoms. The maximum Gasteiger partial charge on any atom is 0.389 e. The van der Waals surface area contributed by atoms with E-state index in [1.807, 2.05) is 13.8 Å². The van der Waals surface area contributed by atoms with E-state index < -0.39 is 12.6 Å². The number of nitrogens with two attached hydrogens (primary N) is 1. The first-order chi connectivity index (χ1) is 9.30. The number of rotatable bonds is 8. The van der Waals surface area contributed by atoms with Crippen LogP contribution in [0.15, 0.2) is 0 Å². The highest BCUT2D eigenvalue weighted by atomic mass is 19.4. The molecule has 1 rings (SSSR count). The Hall–Kier alpha value is -0.330. The number of nitrogens with zero attached hydrogens (tertiary/aromatic N) is 1. The van der Waals surface area contributed by atoms with Gasteiger partial charge in [-0.15, -0.1) is 0 Å². The maximum absolute atomic E-state index is 12.3. The van der Waals surface area contributed by atoms with Crippen LogP contribution in [0.3, 0.4) is 0 Å². The lowest BCUT2D eigenvalue weighted by Gasteiger charge is -2.41. The summed E-state index contributed by atoms with van der Waals surface area (Å²) in [5.74, 6) is 0. The number of halogens is 3. The monoisotopic (exact) mass is 296 g/mol. The molecule has 120 valence electrons. The molecule has 0 saturated carbocycles. The molecule has 0 spiro atoms. The van der Waals surface area contributed by atoms with Crippen LogP contribution >= 0.6 is 0 Å². The highest BCUT2D eigenvalue weighted by Crippen LogP contribution is 2.28. The van der Waals surface area contributed by atoms with E-state index in [9.17, 15) is 13.2 Å². The second-order valence-electron chi connectivity index (χ2n) is 5.84. The Labute approximate surface area is 119 Å². The molecule has 0 aromatic rings. The summed E-state index contributed by atoms with van der Waals surface area (Å²) in [5.41, 5.74) is 5.46. The van der Waals surface area contributed by atoms with E-state index in [2.05, 4.69) is 4.90 Å². The van der Waals surface area contributed by atoms with Gasteiger partial charge in [0.1, 0.15) is 0 Å². The average molecular weight is 296 g/mol. The van der Waals surface area contributed by atoms with Crippen molar-refractivity contribution < 1.29 is 17.9 Å². The molecular formula is C14H27F3N2O. The van der Waals surface area contributed by atoms with Gasteiger partial charge in [0, 0.05) is 31.7 Å². The summed E-state index contributed by atoms with van der Waals surface area (Å²) in [4.78, 5) is 2.18. The Morgan fingerprint density at radius 1 is 1.30 bits per heavy atom. The van der Waals surface area contributed by atoms with Gasteiger partial charge in [-0.25, -0.2) is 0 Å². The third kappa shape index (κ3) is 5.58. The summed E-state index contributed by atoms with van der Waals surface area (Å²) in [6.45, 7) is 6.67. The summed E-state index contributed by atoms with van der Waals surface area (Å²) >= 11 is 0. The molecule has 0 amide bonds. The van der Waals surface area contributed by atoms with Crippen molar-refractivity contribution in [2.75, 3.05) is 26.2 Å². The van der Waals surface area contributed by atoms with Gasteiger partial charge in [0.2, 0.25) is 0 Å². The summed E-state index contributed by atoms with van der Waals surface area (Å²) < 4.78 is 42.5. The number of hydrogen-bond acceptors (Lipinski definition) is 3. The van der Waals surface area contributed by atoms with E-state index in [0.717, 1.165) is 32.5 Å². The fourth-order valence-electron chi connectivity index (χ4n) is 2.82. The van der Waals surface area contributed by atoms with E-state index in [0.29, 0.717) is 13.0 Å². The van der Waals surface area contributed by atoms with Crippen LogP contribution in [0.5, 0.6) is 0 Å². The zero-order valence-electron chi connectivity index (χ0n) is 12.5. The predicted molar refractivity (Wildman–Crippen MR) is 73.6 cm³/mol. The molecule has 0 aromatic heterocycles. The van der Waals surface area contributed by atoms with Crippen LogP contribution < -0.4 is 5.73 Å². The lowest BCUT2D eigenvalue weighted by molar-refractivity contribution is -0.137. The number of ether oxygens (including phenoxy) is 1. The number of likely N-dealkylation sites (N-methyl/N-ethyl adjacent to an activating group) is 1. The Morgan fingerprint density at radius 3 is 2.45 bits per heavy atom. The van der Waals surface area contributed by atoms with Crippen molar-refractivity contribution in [2.24, 2.45) is 5.73 Å². The van der Waals surface area contributed by atoms with Crippen molar-refractivity contribution in [3.63, 3.8) is 0 Å². The normalized spacial score (nSPS) is 23.2. The fourth-order valence-corrected chi connectivity index (χ4v) is 2.82. The lowest BCUT2D eigenvalue weighted by atomic mass is 9.92. The van der Waals surface area contributed by atoms with E-state index in [4.69, 9.17) is 10.5 Å². The van der Waals surface area contributed by atoms with Gasteiger partial charge >= 0.3 is 6.18 Å². The van der Waals surface area contributed by atoms with Gasteiger partial charge in [0.15, 0.2) is 0 Å². The molecule has 0 aromatic carbocycles. The molecule has 3 nitrogen and oxygen atoms in total. The largest absolute Gasteiger partial charge is 0.389 e. The first-order valence-electron chi connectivity index (χ1n) is 7.44. The van der Waals surface area contributed by atoms with Crippen LogP contribution in [-0.2, 0) is 4.74 Å². The smallest absolute Gasteiger partial charge is 0.377 e. The van der Waals surface area contributed by atoms with Crippen molar-refractivity contribution in [3.05, 3.63) is 0 Å². The molecule has 1 heterocycles. The van der Waals surface area contributed by atoms with E-state index in [1.54, 1.807) is 0 Å². The Bertz CT molecular complexity index is 280. The van der Waals surface area contributed by atoms with Gasteiger partial charge in [0.25, 0.3) is 0 Å². The molecular weight excluding hydrogens is 269 g/mol. The van der Waals surface area contributed by atoms with Crippen LogP contribution in [0.4, 0.5) is 13.2 Å².